The van der Waals surface area contributed by atoms with Crippen molar-refractivity contribution in [1.29, 1.82) is 0 Å². The van der Waals surface area contributed by atoms with E-state index in [4.69, 9.17) is 9.15 Å². The number of likely N-dealkylation sites (N-methyl/N-ethyl adjacent to an activating group) is 1. The zero-order valence-corrected chi connectivity index (χ0v) is 12.2. The molecule has 1 fully saturated rings. The Morgan fingerprint density at radius 1 is 1.55 bits per heavy atom. The lowest BCUT2D eigenvalue weighted by molar-refractivity contribution is 0.0519. The van der Waals surface area contributed by atoms with E-state index in [2.05, 4.69) is 22.2 Å². The van der Waals surface area contributed by atoms with Gasteiger partial charge in [-0.1, -0.05) is 12.8 Å². The monoisotopic (exact) mass is 281 g/mol. The molecule has 0 bridgehead atoms. The minimum absolute atomic E-state index is 0.207. The lowest BCUT2D eigenvalue weighted by Crippen LogP contribution is -2.33. The van der Waals surface area contributed by atoms with Crippen molar-refractivity contribution in [3.63, 3.8) is 0 Å². The number of hydrogen-bond acceptors (Lipinski definition) is 6. The van der Waals surface area contributed by atoms with E-state index >= 15 is 0 Å². The molecule has 0 unspecified atom stereocenters. The number of aromatic nitrogens is 1. The van der Waals surface area contributed by atoms with Crippen LogP contribution in [0.5, 0.6) is 0 Å². The zero-order chi connectivity index (χ0) is 14.4. The second-order valence-electron chi connectivity index (χ2n) is 5.10. The van der Waals surface area contributed by atoms with Gasteiger partial charge in [0.1, 0.15) is 6.26 Å². The predicted molar refractivity (Wildman–Crippen MR) is 75.8 cm³/mol. The molecule has 1 saturated carbocycles. The second-order valence-corrected chi connectivity index (χ2v) is 5.10. The number of ether oxygens (including phenoxy) is 1. The van der Waals surface area contributed by atoms with Gasteiger partial charge in [0.05, 0.1) is 6.61 Å². The van der Waals surface area contributed by atoms with Gasteiger partial charge >= 0.3 is 5.97 Å². The van der Waals surface area contributed by atoms with Crippen molar-refractivity contribution in [3.8, 4) is 0 Å². The molecule has 0 atom stereocenters. The second kappa shape index (κ2) is 7.28. The van der Waals surface area contributed by atoms with Gasteiger partial charge < -0.3 is 19.4 Å². The molecule has 0 radical (unpaired) electrons. The molecule has 2 rings (SSSR count). The number of carbonyl (C=O) groups excluding carboxylic acids is 1. The van der Waals surface area contributed by atoms with E-state index < -0.39 is 5.97 Å². The van der Waals surface area contributed by atoms with Crippen LogP contribution >= 0.6 is 0 Å². The van der Waals surface area contributed by atoms with Crippen molar-refractivity contribution in [2.45, 2.75) is 38.6 Å². The van der Waals surface area contributed by atoms with Crippen LogP contribution in [0.1, 0.15) is 43.1 Å². The third kappa shape index (κ3) is 3.96. The highest BCUT2D eigenvalue weighted by molar-refractivity contribution is 5.87. The van der Waals surface area contributed by atoms with Gasteiger partial charge in [-0.3, -0.25) is 0 Å². The fourth-order valence-corrected chi connectivity index (χ4v) is 2.52. The maximum Gasteiger partial charge on any atom is 0.360 e. The SMILES string of the molecule is CCOC(=O)c1coc(NCCN(C)C2CCCC2)n1. The number of rotatable bonds is 7. The maximum atomic E-state index is 11.4. The van der Waals surface area contributed by atoms with Gasteiger partial charge in [0.15, 0.2) is 5.69 Å². The van der Waals surface area contributed by atoms with Crippen molar-refractivity contribution < 1.29 is 13.9 Å². The first-order valence-electron chi connectivity index (χ1n) is 7.27. The molecule has 1 aromatic heterocycles. The number of hydrogen-bond donors (Lipinski definition) is 1. The quantitative estimate of drug-likeness (QED) is 0.772. The smallest absolute Gasteiger partial charge is 0.360 e. The molecule has 0 aromatic carbocycles. The Labute approximate surface area is 119 Å². The van der Waals surface area contributed by atoms with Gasteiger partial charge in [0, 0.05) is 19.1 Å². The van der Waals surface area contributed by atoms with Crippen molar-refractivity contribution in [3.05, 3.63) is 12.0 Å². The van der Waals surface area contributed by atoms with Crippen LogP contribution in [0.25, 0.3) is 0 Å². The molecule has 1 aliphatic rings. The molecule has 0 spiro atoms. The molecule has 6 nitrogen and oxygen atoms in total. The van der Waals surface area contributed by atoms with Crippen LogP contribution in [0, 0.1) is 0 Å². The number of nitrogens with one attached hydrogen (secondary N) is 1. The molecule has 0 aliphatic heterocycles. The Balaban J connectivity index is 1.72. The van der Waals surface area contributed by atoms with Crippen molar-refractivity contribution in [2.75, 3.05) is 32.1 Å². The molecule has 20 heavy (non-hydrogen) atoms. The summed E-state index contributed by atoms with van der Waals surface area (Å²) in [7, 11) is 2.15. The summed E-state index contributed by atoms with van der Waals surface area (Å²) in [5.41, 5.74) is 0.207. The van der Waals surface area contributed by atoms with E-state index in [1.165, 1.54) is 31.9 Å². The van der Waals surface area contributed by atoms with Crippen LogP contribution in [-0.4, -0.2) is 48.6 Å². The highest BCUT2D eigenvalue weighted by atomic mass is 16.5. The van der Waals surface area contributed by atoms with Gasteiger partial charge in [-0.15, -0.1) is 0 Å². The van der Waals surface area contributed by atoms with Crippen molar-refractivity contribution in [2.24, 2.45) is 0 Å². The van der Waals surface area contributed by atoms with Crippen LogP contribution < -0.4 is 5.32 Å². The number of carbonyl (C=O) groups is 1. The minimum atomic E-state index is -0.452. The summed E-state index contributed by atoms with van der Waals surface area (Å²) in [6.45, 7) is 3.77. The Morgan fingerprint density at radius 3 is 3.00 bits per heavy atom. The zero-order valence-electron chi connectivity index (χ0n) is 12.2. The fourth-order valence-electron chi connectivity index (χ4n) is 2.52. The van der Waals surface area contributed by atoms with Crippen LogP contribution in [0.15, 0.2) is 10.7 Å². The Hall–Kier alpha value is -1.56. The Morgan fingerprint density at radius 2 is 2.30 bits per heavy atom. The predicted octanol–water partition coefficient (Wildman–Crippen LogP) is 2.14. The van der Waals surface area contributed by atoms with Crippen LogP contribution in [0.3, 0.4) is 0 Å². The number of anilines is 1. The van der Waals surface area contributed by atoms with Crippen LogP contribution in [0.2, 0.25) is 0 Å². The van der Waals surface area contributed by atoms with E-state index in [1.54, 1.807) is 6.92 Å². The molecule has 1 aliphatic carbocycles. The molecule has 0 amide bonds. The molecule has 1 aromatic rings. The van der Waals surface area contributed by atoms with Gasteiger partial charge in [-0.2, -0.15) is 4.98 Å². The summed E-state index contributed by atoms with van der Waals surface area (Å²) in [5.74, 6) is -0.452. The molecule has 112 valence electrons. The van der Waals surface area contributed by atoms with E-state index in [0.717, 1.165) is 13.1 Å². The first-order chi connectivity index (χ1) is 9.70. The number of nitrogens with zero attached hydrogens (tertiary/aromatic N) is 2. The van der Waals surface area contributed by atoms with E-state index in [-0.39, 0.29) is 5.69 Å². The van der Waals surface area contributed by atoms with E-state index in [9.17, 15) is 4.79 Å². The maximum absolute atomic E-state index is 11.4. The molecule has 1 N–H and O–H groups in total. The fraction of sp³-hybridized carbons (Fsp3) is 0.714. The standard InChI is InChI=1S/C14H23N3O3/c1-3-19-13(18)12-10-20-14(16-12)15-8-9-17(2)11-6-4-5-7-11/h10-11H,3-9H2,1-2H3,(H,15,16). The lowest BCUT2D eigenvalue weighted by Gasteiger charge is -2.23. The normalized spacial score (nSPS) is 15.8. The average molecular weight is 281 g/mol. The molecule has 6 heteroatoms. The summed E-state index contributed by atoms with van der Waals surface area (Å²) in [4.78, 5) is 17.9. The van der Waals surface area contributed by atoms with Gasteiger partial charge in [0.2, 0.25) is 0 Å². The first-order valence-corrected chi connectivity index (χ1v) is 7.27. The highest BCUT2D eigenvalue weighted by Crippen LogP contribution is 2.21. The van der Waals surface area contributed by atoms with Crippen molar-refractivity contribution in [1.82, 2.24) is 9.88 Å². The molecule has 1 heterocycles. The minimum Gasteiger partial charge on any atom is -0.461 e. The number of esters is 1. The summed E-state index contributed by atoms with van der Waals surface area (Å²) < 4.78 is 10.1. The van der Waals surface area contributed by atoms with Gasteiger partial charge in [-0.25, -0.2) is 4.79 Å². The Bertz CT molecular complexity index is 427. The molecule has 0 saturated heterocycles. The summed E-state index contributed by atoms with van der Waals surface area (Å²) in [5, 5.41) is 3.09. The van der Waals surface area contributed by atoms with E-state index in [0.29, 0.717) is 18.7 Å². The largest absolute Gasteiger partial charge is 0.461 e. The third-order valence-electron chi connectivity index (χ3n) is 3.68. The van der Waals surface area contributed by atoms with Gasteiger partial charge in [0.25, 0.3) is 6.01 Å². The summed E-state index contributed by atoms with van der Waals surface area (Å²) in [6, 6.07) is 1.07. The van der Waals surface area contributed by atoms with Crippen LogP contribution in [0.4, 0.5) is 6.01 Å². The van der Waals surface area contributed by atoms with Crippen molar-refractivity contribution >= 4 is 12.0 Å². The van der Waals surface area contributed by atoms with Gasteiger partial charge in [-0.05, 0) is 26.8 Å². The first kappa shape index (κ1) is 14.8. The summed E-state index contributed by atoms with van der Waals surface area (Å²) in [6.07, 6.45) is 6.59. The van der Waals surface area contributed by atoms with Crippen LogP contribution in [-0.2, 0) is 4.74 Å². The van der Waals surface area contributed by atoms with E-state index in [1.807, 2.05) is 0 Å². The third-order valence-corrected chi connectivity index (χ3v) is 3.68. The molecular weight excluding hydrogens is 258 g/mol. The topological polar surface area (TPSA) is 67.6 Å². The lowest BCUT2D eigenvalue weighted by atomic mass is 10.2. The average Bonchev–Trinajstić information content (AvgIpc) is 3.10. The highest BCUT2D eigenvalue weighted by Gasteiger charge is 2.19. The molecular formula is C14H23N3O3. The summed E-state index contributed by atoms with van der Waals surface area (Å²) >= 11 is 0. The Kier molecular flexibility index (Phi) is 5.40. The number of oxazole rings is 1.